The van der Waals surface area contributed by atoms with Crippen LogP contribution in [0, 0.1) is 203 Å². The van der Waals surface area contributed by atoms with Crippen LogP contribution >= 0.6 is 0 Å². The predicted molar refractivity (Wildman–Crippen MR) is 437 cm³/mol. The van der Waals surface area contributed by atoms with Crippen molar-refractivity contribution < 1.29 is 0 Å². The highest BCUT2D eigenvalue weighted by Crippen LogP contribution is 2.40. The minimum absolute atomic E-state index is 0.760. The number of fused-ring (bicyclic) bond motifs is 8. The Kier molecular flexibility index (Phi) is 22.8. The Hall–Kier alpha value is -10.9. The first-order valence-corrected chi connectivity index (χ1v) is 35.3. The van der Waals surface area contributed by atoms with Crippen LogP contribution in [-0.2, 0) is 6.67 Å². The summed E-state index contributed by atoms with van der Waals surface area (Å²) in [5, 5.41) is 10.8. The molecule has 4 aliphatic heterocycles. The fourth-order valence-corrected chi connectivity index (χ4v) is 14.0. The molecule has 13 rings (SSSR count). The maximum Gasteiger partial charge on any atom is 0.129 e. The van der Waals surface area contributed by atoms with Crippen LogP contribution in [0.2, 0.25) is 0 Å². The lowest BCUT2D eigenvalue weighted by Crippen LogP contribution is -2.33. The van der Waals surface area contributed by atoms with Crippen molar-refractivity contribution in [1.82, 2.24) is 24.1 Å². The zero-order chi connectivity index (χ0) is 74.8. The Balaban J connectivity index is 0.000000158. The summed E-state index contributed by atoms with van der Waals surface area (Å²) < 4.78 is 4.92. The quantitative estimate of drug-likeness (QED) is 0.112. The zero-order valence-electron chi connectivity index (χ0n) is 66.1. The van der Waals surface area contributed by atoms with Gasteiger partial charge in [-0.2, -0.15) is 0 Å². The highest BCUT2D eigenvalue weighted by Gasteiger charge is 2.27. The van der Waals surface area contributed by atoms with Gasteiger partial charge in [0.25, 0.3) is 0 Å². The molecule has 6 bridgehead atoms. The van der Waals surface area contributed by atoms with Gasteiger partial charge in [0, 0.05) is 22.1 Å². The third-order valence-corrected chi connectivity index (χ3v) is 21.5. The molecule has 9 aromatic rings. The zero-order valence-corrected chi connectivity index (χ0v) is 66.1. The lowest BCUT2D eigenvalue weighted by atomic mass is 9.87. The Morgan fingerprint density at radius 2 is 0.490 bits per heavy atom. The van der Waals surface area contributed by atoms with Crippen LogP contribution in [0.15, 0.2) is 80.1 Å². The lowest BCUT2D eigenvalue weighted by Gasteiger charge is -2.16. The molecule has 0 atom stereocenters. The number of nitrogens with zero attached hydrogens (tertiary/aromatic N) is 7. The number of benzene rings is 6. The normalized spacial score (nSPS) is 12.6. The number of aromatic nitrogens is 5. The van der Waals surface area contributed by atoms with Gasteiger partial charge >= 0.3 is 0 Å². The fraction of sp³-hybridized carbons (Fsp3) is 0.316. The van der Waals surface area contributed by atoms with Crippen LogP contribution in [0.5, 0.6) is 0 Å². The Bertz CT molecular complexity index is 5100. The van der Waals surface area contributed by atoms with Gasteiger partial charge in [-0.25, -0.2) is 24.9 Å². The van der Waals surface area contributed by atoms with Gasteiger partial charge in [-0.15, -0.1) is 35.5 Å². The van der Waals surface area contributed by atoms with E-state index in [1.807, 2.05) is 20.8 Å². The van der Waals surface area contributed by atoms with E-state index in [0.717, 1.165) is 80.3 Å². The van der Waals surface area contributed by atoms with E-state index in [2.05, 4.69) is 294 Å². The average molecular weight is 1340 g/mol. The van der Waals surface area contributed by atoms with Crippen LogP contribution in [0.3, 0.4) is 0 Å². The van der Waals surface area contributed by atoms with Crippen molar-refractivity contribution >= 4 is 68.0 Å². The van der Waals surface area contributed by atoms with Gasteiger partial charge in [0.05, 0.1) is 62.9 Å². The summed E-state index contributed by atoms with van der Waals surface area (Å²) in [6, 6.07) is 14.2. The van der Waals surface area contributed by atoms with Crippen LogP contribution in [0.1, 0.15) is 220 Å². The van der Waals surface area contributed by atoms with Crippen molar-refractivity contribution in [3.05, 3.63) is 232 Å². The first-order chi connectivity index (χ1) is 48.4. The lowest BCUT2D eigenvalue weighted by molar-refractivity contribution is 0.579. The molecule has 7 nitrogen and oxygen atoms in total. The summed E-state index contributed by atoms with van der Waals surface area (Å²) >= 11 is 0. The van der Waals surface area contributed by atoms with E-state index in [1.165, 1.54) is 166 Å². The first kappa shape index (κ1) is 75.3. The smallest absolute Gasteiger partial charge is 0.129 e. The molecular formula is C95H99N7. The molecule has 3 aromatic heterocycles. The van der Waals surface area contributed by atoms with E-state index in [1.54, 1.807) is 41.5 Å². The van der Waals surface area contributed by atoms with Crippen molar-refractivity contribution in [2.45, 2.75) is 207 Å². The molecule has 0 unspecified atom stereocenters. The number of hydrogen-bond donors (Lipinski definition) is 0. The molecule has 514 valence electrons. The van der Waals surface area contributed by atoms with Gasteiger partial charge in [0.15, 0.2) is 0 Å². The van der Waals surface area contributed by atoms with Crippen LogP contribution in [-0.4, -0.2) is 35.5 Å². The van der Waals surface area contributed by atoms with E-state index in [-0.39, 0.29) is 0 Å². The second-order valence-electron chi connectivity index (χ2n) is 27.6. The van der Waals surface area contributed by atoms with E-state index in [9.17, 15) is 0 Å². The minimum atomic E-state index is 0.760. The second-order valence-corrected chi connectivity index (χ2v) is 27.6. The monoisotopic (exact) mass is 1340 g/mol. The molecule has 0 spiro atoms. The maximum atomic E-state index is 5.09. The van der Waals surface area contributed by atoms with Crippen molar-refractivity contribution in [2.75, 3.05) is 0 Å². The third kappa shape index (κ3) is 14.4. The molecule has 0 saturated carbocycles. The summed E-state index contributed by atoms with van der Waals surface area (Å²) in [5.41, 5.74) is 38.6. The largest absolute Gasteiger partial charge is 0.322 e. The summed E-state index contributed by atoms with van der Waals surface area (Å²) in [5.74, 6) is 39.0. The van der Waals surface area contributed by atoms with E-state index in [4.69, 9.17) is 9.98 Å². The number of allylic oxidation sites excluding steroid dienone is 4. The van der Waals surface area contributed by atoms with Gasteiger partial charge in [-0.3, -0.25) is 0 Å². The maximum absolute atomic E-state index is 5.09. The van der Waals surface area contributed by atoms with Gasteiger partial charge in [-0.05, 0) is 369 Å². The standard InChI is InChI=1S/C29H30N4.C24H24.C24H18.C12H18.C6H9N3/c1-14-15(2)23-10-27-20(7)21(8)29-12-25-17(4)16(3)24(31-25)11-28-19(6)18(5)26(9-22(14)30-23)32(28)13-33(27)29;1-13-7-19-20(8-14(13)2)22-10-16(4)18(6)12-24(22)23-11-17(5)15(3)9-21(19)23;1-7-13-19-20(14-8-2)22(16-10-4)24(18-12-6)23(17-11-5)21(19)15-9-3;1-7-8(2)10(4)12(6)11(5)9(7)3;1-4-7-5(2)9-6(3)8-4/h9-12H,13H2,1-8H3;7-12H,1-6H3;1-6H3;1-6H3;1-3H3. The molecule has 6 aromatic carbocycles. The molecule has 0 amide bonds. The van der Waals surface area contributed by atoms with E-state index in [0.29, 0.717) is 0 Å². The summed E-state index contributed by atoms with van der Waals surface area (Å²) in [7, 11) is 0. The Morgan fingerprint density at radius 3 is 0.706 bits per heavy atom. The van der Waals surface area contributed by atoms with Crippen molar-refractivity contribution in [3.8, 4) is 71.0 Å². The van der Waals surface area contributed by atoms with E-state index >= 15 is 0 Å². The molecule has 102 heavy (non-hydrogen) atoms. The van der Waals surface area contributed by atoms with Crippen LogP contribution in [0.25, 0.3) is 56.6 Å². The third-order valence-electron chi connectivity index (χ3n) is 21.5. The van der Waals surface area contributed by atoms with Crippen molar-refractivity contribution in [1.29, 1.82) is 0 Å². The highest BCUT2D eigenvalue weighted by molar-refractivity contribution is 6.26. The SMILES string of the molecule is CC#Cc1c(C#CC)c(C#CC)c(C#CC)c(C#CC)c1C#CC.CC1=C(C)C2=NC1=Cc1c(C)c(C)c3n1Cn1c(c(C)c(C)c1=CC1=NC(=C3)C(C)=C1C)=C2.Cc1c(C)c(C)c(C)c(C)c1C.Cc1cc2c3cc(C)c(C)cc3c3cc(C)c(C)cc3c2cc1C.Cc1nc(C)nc(C)n1. The summed E-state index contributed by atoms with van der Waals surface area (Å²) in [6.07, 6.45) is 9.13. The first-order valence-electron chi connectivity index (χ1n) is 35.3. The second kappa shape index (κ2) is 30.9. The molecule has 0 fully saturated rings. The molecule has 0 saturated heterocycles. The van der Waals surface area contributed by atoms with Crippen molar-refractivity contribution in [3.63, 3.8) is 0 Å². The number of aliphatic imine (C=N–C) groups is 2. The molecule has 0 aliphatic carbocycles. The molecule has 0 N–H and O–H groups in total. The number of aryl methyl sites for hydroxylation is 9. The average Bonchev–Trinajstić information content (AvgIpc) is 1.18. The number of rotatable bonds is 0. The summed E-state index contributed by atoms with van der Waals surface area (Å²) in [6.45, 7) is 61.4. The van der Waals surface area contributed by atoms with E-state index < -0.39 is 0 Å². The Morgan fingerprint density at radius 1 is 0.265 bits per heavy atom. The Labute approximate surface area is 609 Å². The van der Waals surface area contributed by atoms with Crippen LogP contribution < -0.4 is 10.7 Å². The van der Waals surface area contributed by atoms with Gasteiger partial charge < -0.3 is 9.13 Å². The summed E-state index contributed by atoms with van der Waals surface area (Å²) in [4.78, 5) is 22.2. The topological polar surface area (TPSA) is 73.2 Å². The fourth-order valence-electron chi connectivity index (χ4n) is 14.0. The number of hydrogen-bond acceptors (Lipinski definition) is 5. The van der Waals surface area contributed by atoms with Crippen LogP contribution in [0.4, 0.5) is 0 Å². The molecule has 7 heteroatoms. The highest BCUT2D eigenvalue weighted by atomic mass is 15.2. The molecule has 4 aliphatic rings. The predicted octanol–water partition coefficient (Wildman–Crippen LogP) is 20.1. The molecule has 7 heterocycles. The van der Waals surface area contributed by atoms with Crippen molar-refractivity contribution in [2.24, 2.45) is 9.98 Å². The molecule has 0 radical (unpaired) electrons. The van der Waals surface area contributed by atoms with Gasteiger partial charge in [0.1, 0.15) is 17.5 Å². The van der Waals surface area contributed by atoms with Gasteiger partial charge in [-0.1, -0.05) is 71.9 Å². The minimum Gasteiger partial charge on any atom is -0.322 e. The van der Waals surface area contributed by atoms with Gasteiger partial charge in [0.2, 0.25) is 0 Å². The molecular weight excluding hydrogens is 1240 g/mol.